The molecule has 0 heterocycles. The molecule has 5 aromatic rings. The average Bonchev–Trinajstić information content (AvgIpc) is 3.09. The molecule has 48 heavy (non-hydrogen) atoms. The first-order valence-electron chi connectivity index (χ1n) is 17.8. The van der Waals surface area contributed by atoms with Crippen LogP contribution in [0.5, 0.6) is 0 Å². The van der Waals surface area contributed by atoms with Crippen molar-refractivity contribution >= 4 is 0 Å². The molecule has 5 aromatic carbocycles. The van der Waals surface area contributed by atoms with Crippen molar-refractivity contribution in [1.29, 1.82) is 0 Å². The van der Waals surface area contributed by atoms with Crippen molar-refractivity contribution in [2.24, 2.45) is 0 Å². The summed E-state index contributed by atoms with van der Waals surface area (Å²) < 4.78 is 0. The summed E-state index contributed by atoms with van der Waals surface area (Å²) in [6.45, 7) is 32.2. The van der Waals surface area contributed by atoms with E-state index < -0.39 is 0 Å². The summed E-state index contributed by atoms with van der Waals surface area (Å²) >= 11 is 0. The predicted octanol–water partition coefficient (Wildman–Crippen LogP) is 15.0. The monoisotopic (exact) mass is 647 g/mol. The molecule has 0 aliphatic carbocycles. The van der Waals surface area contributed by atoms with E-state index in [0.717, 1.165) is 0 Å². The van der Waals surface area contributed by atoms with Crippen LogP contribution in [0.2, 0.25) is 0 Å². The van der Waals surface area contributed by atoms with Gasteiger partial charge in [-0.1, -0.05) is 253 Å². The fraction of sp³-hybridized carbons (Fsp3) is 0.375. The van der Waals surface area contributed by atoms with Crippen LogP contribution in [0.15, 0.2) is 152 Å². The van der Waals surface area contributed by atoms with Crippen LogP contribution in [0.4, 0.5) is 0 Å². The zero-order chi connectivity index (χ0) is 37.1. The molecule has 0 N–H and O–H groups in total. The third-order valence-electron chi connectivity index (χ3n) is 6.80. The summed E-state index contributed by atoms with van der Waals surface area (Å²) in [4.78, 5) is 0. The zero-order valence-electron chi connectivity index (χ0n) is 33.4. The first-order chi connectivity index (χ1) is 22.6. The SMILES string of the molecule is CC.CC.CC(C)(C)c1ccccc1.CC(C)(C)c1ccccc1.CC(C)(C)c1ccccc1.Cc1ccccc1.Cc1ccccc1. The van der Waals surface area contributed by atoms with E-state index in [1.165, 1.54) is 27.8 Å². The van der Waals surface area contributed by atoms with Gasteiger partial charge in [0.2, 0.25) is 0 Å². The molecule has 0 aliphatic rings. The van der Waals surface area contributed by atoms with Crippen LogP contribution >= 0.6 is 0 Å². The van der Waals surface area contributed by atoms with Gasteiger partial charge in [-0.3, -0.25) is 0 Å². The minimum Gasteiger partial charge on any atom is -0.0683 e. The van der Waals surface area contributed by atoms with Gasteiger partial charge in [-0.2, -0.15) is 0 Å². The van der Waals surface area contributed by atoms with Crippen LogP contribution in [0.25, 0.3) is 0 Å². The van der Waals surface area contributed by atoms with Crippen molar-refractivity contribution in [3.63, 3.8) is 0 Å². The van der Waals surface area contributed by atoms with Gasteiger partial charge in [-0.15, -0.1) is 0 Å². The third-order valence-corrected chi connectivity index (χ3v) is 6.80. The van der Waals surface area contributed by atoms with Crippen molar-refractivity contribution in [2.45, 2.75) is 120 Å². The van der Waals surface area contributed by atoms with Gasteiger partial charge in [0.25, 0.3) is 0 Å². The summed E-state index contributed by atoms with van der Waals surface area (Å²) in [5, 5.41) is 0. The Morgan fingerprint density at radius 2 is 0.396 bits per heavy atom. The smallest absolute Gasteiger partial charge is 0.0132 e. The Kier molecular flexibility index (Phi) is 25.1. The Labute approximate surface area is 298 Å². The highest BCUT2D eigenvalue weighted by atomic mass is 14.2. The second kappa shape index (κ2) is 26.1. The summed E-state index contributed by atoms with van der Waals surface area (Å²) in [6.07, 6.45) is 0. The standard InChI is InChI=1S/3C10H14.2C7H8.2C2H6/c3*1-10(2,3)9-7-5-4-6-8-9;2*1-7-5-3-2-4-6-7;2*1-2/h3*4-8H,1-3H3;2*2-6H,1H3;2*1-2H3. The topological polar surface area (TPSA) is 0 Å². The lowest BCUT2D eigenvalue weighted by Crippen LogP contribution is -2.10. The van der Waals surface area contributed by atoms with Crippen molar-refractivity contribution in [3.05, 3.63) is 179 Å². The van der Waals surface area contributed by atoms with Crippen LogP contribution in [-0.2, 0) is 16.2 Å². The van der Waals surface area contributed by atoms with Gasteiger partial charge < -0.3 is 0 Å². The Morgan fingerprint density at radius 1 is 0.250 bits per heavy atom. The number of benzene rings is 5. The van der Waals surface area contributed by atoms with Crippen LogP contribution in [0.3, 0.4) is 0 Å². The lowest BCUT2D eigenvalue weighted by Gasteiger charge is -2.18. The number of hydrogen-bond donors (Lipinski definition) is 0. The average molecular weight is 647 g/mol. The van der Waals surface area contributed by atoms with Gasteiger partial charge in [-0.25, -0.2) is 0 Å². The van der Waals surface area contributed by atoms with Gasteiger partial charge in [0.15, 0.2) is 0 Å². The van der Waals surface area contributed by atoms with E-state index in [1.807, 2.05) is 64.1 Å². The molecule has 0 saturated carbocycles. The van der Waals surface area contributed by atoms with E-state index >= 15 is 0 Å². The quantitative estimate of drug-likeness (QED) is 0.157. The van der Waals surface area contributed by atoms with Gasteiger partial charge >= 0.3 is 0 Å². The van der Waals surface area contributed by atoms with E-state index in [9.17, 15) is 0 Å². The van der Waals surface area contributed by atoms with Crippen LogP contribution in [0.1, 0.15) is 118 Å². The normalized spacial score (nSPS) is 9.98. The fourth-order valence-corrected chi connectivity index (χ4v) is 3.88. The Morgan fingerprint density at radius 3 is 0.479 bits per heavy atom. The number of aryl methyl sites for hydroxylation is 2. The third kappa shape index (κ3) is 24.3. The van der Waals surface area contributed by atoms with Gasteiger partial charge in [0, 0.05) is 0 Å². The molecule has 0 aliphatic heterocycles. The Balaban J connectivity index is 0. The molecule has 0 radical (unpaired) electrons. The lowest BCUT2D eigenvalue weighted by molar-refractivity contribution is 0.590. The second-order valence-electron chi connectivity index (χ2n) is 14.2. The minimum absolute atomic E-state index is 0.293. The van der Waals surface area contributed by atoms with Gasteiger partial charge in [0.1, 0.15) is 0 Å². The van der Waals surface area contributed by atoms with E-state index in [4.69, 9.17) is 0 Å². The molecule has 0 aromatic heterocycles. The van der Waals surface area contributed by atoms with Gasteiger partial charge in [-0.05, 0) is 46.8 Å². The predicted molar refractivity (Wildman–Crippen MR) is 220 cm³/mol. The molecule has 0 saturated heterocycles. The highest BCUT2D eigenvalue weighted by Gasteiger charge is 2.12. The van der Waals surface area contributed by atoms with E-state index in [1.54, 1.807) is 0 Å². The van der Waals surface area contributed by atoms with Crippen molar-refractivity contribution in [3.8, 4) is 0 Å². The van der Waals surface area contributed by atoms with Crippen molar-refractivity contribution in [2.75, 3.05) is 0 Å². The first kappa shape index (κ1) is 46.2. The molecule has 0 unspecified atom stereocenters. The largest absolute Gasteiger partial charge is 0.0683 e. The molecule has 0 bridgehead atoms. The minimum atomic E-state index is 0.293. The molecule has 0 spiro atoms. The molecule has 0 amide bonds. The Bertz CT molecular complexity index is 1190. The van der Waals surface area contributed by atoms with E-state index in [2.05, 4.69) is 191 Å². The molecule has 0 nitrogen and oxygen atoms in total. The van der Waals surface area contributed by atoms with Crippen LogP contribution in [-0.4, -0.2) is 0 Å². The highest BCUT2D eigenvalue weighted by Crippen LogP contribution is 2.22. The second-order valence-corrected chi connectivity index (χ2v) is 14.2. The summed E-state index contributed by atoms with van der Waals surface area (Å²) in [5.74, 6) is 0. The first-order valence-corrected chi connectivity index (χ1v) is 17.8. The fourth-order valence-electron chi connectivity index (χ4n) is 3.88. The van der Waals surface area contributed by atoms with E-state index in [0.29, 0.717) is 16.2 Å². The molecular weight excluding hydrogens is 577 g/mol. The summed E-state index contributed by atoms with van der Waals surface area (Å²) in [7, 11) is 0. The number of hydrogen-bond acceptors (Lipinski definition) is 0. The summed E-state index contributed by atoms with van der Waals surface area (Å²) in [6, 6.07) is 52.2. The molecule has 0 fully saturated rings. The van der Waals surface area contributed by atoms with Gasteiger partial charge in [0.05, 0.1) is 0 Å². The maximum atomic E-state index is 2.22. The molecule has 262 valence electrons. The lowest BCUT2D eigenvalue weighted by atomic mass is 9.87. The number of rotatable bonds is 0. The zero-order valence-corrected chi connectivity index (χ0v) is 33.4. The molecular formula is C48H70. The molecule has 5 rings (SSSR count). The van der Waals surface area contributed by atoms with Crippen LogP contribution in [0, 0.1) is 13.8 Å². The molecule has 0 atom stereocenters. The van der Waals surface area contributed by atoms with Crippen molar-refractivity contribution in [1.82, 2.24) is 0 Å². The van der Waals surface area contributed by atoms with Crippen LogP contribution < -0.4 is 0 Å². The highest BCUT2D eigenvalue weighted by molar-refractivity contribution is 5.23. The maximum absolute atomic E-state index is 2.22. The Hall–Kier alpha value is -3.90. The summed E-state index contributed by atoms with van der Waals surface area (Å²) in [5.41, 5.74) is 7.72. The molecule has 0 heteroatoms. The maximum Gasteiger partial charge on any atom is -0.0132 e. The van der Waals surface area contributed by atoms with Crippen molar-refractivity contribution < 1.29 is 0 Å². The van der Waals surface area contributed by atoms with E-state index in [-0.39, 0.29) is 0 Å².